The summed E-state index contributed by atoms with van der Waals surface area (Å²) >= 11 is 0. The van der Waals surface area contributed by atoms with Crippen molar-refractivity contribution in [2.24, 2.45) is 20.6 Å². The minimum absolute atomic E-state index is 0. The Kier molecular flexibility index (Phi) is 13.5. The molecule has 2 aromatic rings. The van der Waals surface area contributed by atoms with E-state index < -0.39 is 17.5 Å². The van der Waals surface area contributed by atoms with Gasteiger partial charge in [0.1, 0.15) is 11.4 Å². The number of amides is 2. The van der Waals surface area contributed by atoms with Gasteiger partial charge in [-0.25, -0.2) is 0 Å². The Balaban J connectivity index is 0.000000602. The number of carbonyl (C=O) groups excluding carboxylic acids is 2. The van der Waals surface area contributed by atoms with Gasteiger partial charge in [0.25, 0.3) is 11.8 Å². The van der Waals surface area contributed by atoms with E-state index >= 15 is 0 Å². The topological polar surface area (TPSA) is 194 Å². The molecule has 0 aliphatic heterocycles. The molecule has 0 bridgehead atoms. The standard InChI is InChI=1S/2C10H11N3O3.Ni/c2*1-7(12-15)9(13-16)10(14)11-8-5-3-2-4-6-8;/h2*2-6,15-16H,1H3,(H,11,14);/q;;+2/p-2/b2*12-7+,13-9-;. The number of hydrogen-bond donors (Lipinski definition) is 4. The summed E-state index contributed by atoms with van der Waals surface area (Å²) in [6, 6.07) is 17.2. The van der Waals surface area contributed by atoms with E-state index in [4.69, 9.17) is 10.4 Å². The van der Waals surface area contributed by atoms with Crippen molar-refractivity contribution in [1.82, 2.24) is 0 Å². The summed E-state index contributed by atoms with van der Waals surface area (Å²) in [5, 5.41) is 53.1. The first kappa shape index (κ1) is 28.8. The van der Waals surface area contributed by atoms with Crippen LogP contribution in [0.4, 0.5) is 11.4 Å². The summed E-state index contributed by atoms with van der Waals surface area (Å²) in [6.07, 6.45) is 0. The van der Waals surface area contributed by atoms with Crippen molar-refractivity contribution in [3.05, 3.63) is 71.1 Å². The van der Waals surface area contributed by atoms with Crippen molar-refractivity contribution >= 4 is 46.0 Å². The number of carbonyl (C=O) groups is 2. The van der Waals surface area contributed by atoms with E-state index in [9.17, 15) is 20.0 Å². The maximum Gasteiger partial charge on any atom is 2.00 e. The molecule has 2 amide bonds. The molecule has 13 heteroatoms. The first-order valence-corrected chi connectivity index (χ1v) is 8.89. The maximum atomic E-state index is 11.6. The fourth-order valence-corrected chi connectivity index (χ4v) is 2.07. The molecule has 2 rings (SSSR count). The number of rotatable bonds is 6. The molecular weight excluding hydrogens is 479 g/mol. The van der Waals surface area contributed by atoms with E-state index in [1.807, 2.05) is 0 Å². The zero-order valence-corrected chi connectivity index (χ0v) is 18.4. The molecule has 0 fully saturated rings. The van der Waals surface area contributed by atoms with Crippen LogP contribution >= 0.6 is 0 Å². The average molecular weight is 499 g/mol. The Labute approximate surface area is 198 Å². The molecule has 33 heavy (non-hydrogen) atoms. The van der Waals surface area contributed by atoms with Crippen LogP contribution in [-0.4, -0.2) is 45.1 Å². The molecular formula is C20H20N6NiO6. The molecule has 0 aliphatic rings. The van der Waals surface area contributed by atoms with Crippen LogP contribution in [0.1, 0.15) is 13.8 Å². The minimum Gasteiger partial charge on any atom is -0.792 e. The summed E-state index contributed by atoms with van der Waals surface area (Å²) < 4.78 is 0. The van der Waals surface area contributed by atoms with Crippen molar-refractivity contribution in [3.63, 3.8) is 0 Å². The molecule has 0 heterocycles. The van der Waals surface area contributed by atoms with E-state index in [-0.39, 0.29) is 33.6 Å². The van der Waals surface area contributed by atoms with Crippen LogP contribution in [0.2, 0.25) is 0 Å². The molecule has 12 nitrogen and oxygen atoms in total. The Morgan fingerprint density at radius 2 is 1.12 bits per heavy atom. The van der Waals surface area contributed by atoms with Crippen LogP contribution < -0.4 is 10.6 Å². The van der Waals surface area contributed by atoms with Gasteiger partial charge in [-0.15, -0.1) is 0 Å². The summed E-state index contributed by atoms with van der Waals surface area (Å²) in [7, 11) is 0. The average Bonchev–Trinajstić information content (AvgIpc) is 2.81. The van der Waals surface area contributed by atoms with Gasteiger partial charge in [0.05, 0.1) is 5.71 Å². The second-order valence-electron chi connectivity index (χ2n) is 5.89. The van der Waals surface area contributed by atoms with Gasteiger partial charge in [-0.2, -0.15) is 0 Å². The number of anilines is 2. The van der Waals surface area contributed by atoms with Gasteiger partial charge in [0.15, 0.2) is 5.71 Å². The quantitative estimate of drug-likeness (QED) is 0.204. The molecule has 0 saturated heterocycles. The predicted molar refractivity (Wildman–Crippen MR) is 122 cm³/mol. The Bertz CT molecular complexity index is 942. The summed E-state index contributed by atoms with van der Waals surface area (Å²) in [5.74, 6) is -1.40. The summed E-state index contributed by atoms with van der Waals surface area (Å²) in [6.45, 7) is 2.59. The SMILES string of the molecule is CC(=N\O)/C(=N/O)C(=O)Nc1ccccc1.CC(=N\[O-])/C(=N/[O-])C(=O)Nc1ccccc1.[Ni+2]. The molecule has 176 valence electrons. The fraction of sp³-hybridized carbons (Fsp3) is 0.100. The molecule has 0 atom stereocenters. The van der Waals surface area contributed by atoms with Crippen LogP contribution in [-0.2, 0) is 26.1 Å². The van der Waals surface area contributed by atoms with Crippen molar-refractivity contribution < 1.29 is 36.5 Å². The van der Waals surface area contributed by atoms with E-state index in [0.717, 1.165) is 0 Å². The molecule has 0 unspecified atom stereocenters. The fourth-order valence-electron chi connectivity index (χ4n) is 2.07. The summed E-state index contributed by atoms with van der Waals surface area (Å²) in [4.78, 5) is 23.0. The number of oxime groups is 2. The van der Waals surface area contributed by atoms with Gasteiger partial charge in [0.2, 0.25) is 0 Å². The normalized spacial score (nSPS) is 11.9. The third-order valence-corrected chi connectivity index (χ3v) is 3.66. The molecule has 0 aliphatic carbocycles. The van der Waals surface area contributed by atoms with Gasteiger partial charge in [-0.3, -0.25) is 9.59 Å². The van der Waals surface area contributed by atoms with Crippen molar-refractivity contribution in [1.29, 1.82) is 0 Å². The Morgan fingerprint density at radius 3 is 1.45 bits per heavy atom. The molecule has 0 saturated carbocycles. The van der Waals surface area contributed by atoms with Gasteiger partial charge in [-0.05, 0) is 38.1 Å². The minimum atomic E-state index is -0.752. The maximum absolute atomic E-state index is 11.6. The largest absolute Gasteiger partial charge is 2.00 e. The number of para-hydroxylation sites is 2. The molecule has 0 radical (unpaired) electrons. The first-order chi connectivity index (χ1) is 15.4. The van der Waals surface area contributed by atoms with E-state index in [1.165, 1.54) is 13.8 Å². The van der Waals surface area contributed by atoms with Crippen LogP contribution in [0.15, 0.2) is 81.3 Å². The number of benzene rings is 2. The van der Waals surface area contributed by atoms with Crippen molar-refractivity contribution in [2.75, 3.05) is 10.6 Å². The van der Waals surface area contributed by atoms with Crippen molar-refractivity contribution in [3.8, 4) is 0 Å². The van der Waals surface area contributed by atoms with Crippen molar-refractivity contribution in [2.45, 2.75) is 13.8 Å². The van der Waals surface area contributed by atoms with Gasteiger partial charge in [-0.1, -0.05) is 46.7 Å². The van der Waals surface area contributed by atoms with Gasteiger partial charge >= 0.3 is 16.5 Å². The number of hydrogen-bond acceptors (Lipinski definition) is 10. The summed E-state index contributed by atoms with van der Waals surface area (Å²) in [5.41, 5.74) is -0.115. The van der Waals surface area contributed by atoms with E-state index in [0.29, 0.717) is 11.4 Å². The first-order valence-electron chi connectivity index (χ1n) is 8.89. The van der Waals surface area contributed by atoms with Crippen LogP contribution in [0.5, 0.6) is 0 Å². The Hall–Kier alpha value is -4.25. The van der Waals surface area contributed by atoms with Gasteiger partial charge < -0.3 is 41.8 Å². The van der Waals surface area contributed by atoms with Gasteiger partial charge in [0, 0.05) is 11.4 Å². The smallest absolute Gasteiger partial charge is 0.792 e. The van der Waals surface area contributed by atoms with Crippen LogP contribution in [0.25, 0.3) is 0 Å². The van der Waals surface area contributed by atoms with Crippen LogP contribution in [0.3, 0.4) is 0 Å². The number of nitrogens with zero attached hydrogens (tertiary/aromatic N) is 4. The number of nitrogens with one attached hydrogen (secondary N) is 2. The predicted octanol–water partition coefficient (Wildman–Crippen LogP) is 2.83. The second-order valence-corrected chi connectivity index (χ2v) is 5.89. The van der Waals surface area contributed by atoms with E-state index in [2.05, 4.69) is 31.3 Å². The monoisotopic (exact) mass is 498 g/mol. The molecule has 4 N–H and O–H groups in total. The third kappa shape index (κ3) is 9.62. The zero-order chi connectivity index (χ0) is 23.9. The Morgan fingerprint density at radius 1 is 0.697 bits per heavy atom. The third-order valence-electron chi connectivity index (χ3n) is 3.66. The second kappa shape index (κ2) is 15.5. The molecule has 2 aromatic carbocycles. The molecule has 0 spiro atoms. The zero-order valence-electron chi connectivity index (χ0n) is 17.4. The van der Waals surface area contributed by atoms with E-state index in [1.54, 1.807) is 60.7 Å². The van der Waals surface area contributed by atoms with Crippen LogP contribution in [0, 0.1) is 10.4 Å². The molecule has 0 aromatic heterocycles.